The van der Waals surface area contributed by atoms with Gasteiger partial charge >= 0.3 is 16.7 Å². The number of rotatable bonds is 4. The fourth-order valence-electron chi connectivity index (χ4n) is 2.07. The van der Waals surface area contributed by atoms with Crippen molar-refractivity contribution in [1.82, 2.24) is 0 Å². The number of alkyl halides is 3. The van der Waals surface area contributed by atoms with Crippen LogP contribution in [0.5, 0.6) is 5.75 Å². The summed E-state index contributed by atoms with van der Waals surface area (Å²) in [7, 11) is -2.61. The van der Waals surface area contributed by atoms with E-state index in [-0.39, 0.29) is 22.7 Å². The highest BCUT2D eigenvalue weighted by molar-refractivity contribution is 7.60. The van der Waals surface area contributed by atoms with Gasteiger partial charge in [0.1, 0.15) is 0 Å². The Balaban J connectivity index is 0.000000828. The molecule has 0 spiro atoms. The Bertz CT molecular complexity index is 923. The Morgan fingerprint density at radius 1 is 1.22 bits per heavy atom. The Kier molecular flexibility index (Phi) is 8.45. The first-order valence-corrected chi connectivity index (χ1v) is 8.98. The summed E-state index contributed by atoms with van der Waals surface area (Å²) in [5, 5.41) is 4.13. The van der Waals surface area contributed by atoms with E-state index >= 15 is 0 Å². The summed E-state index contributed by atoms with van der Waals surface area (Å²) in [4.78, 5) is 5.33. The maximum absolute atomic E-state index is 13.2. The van der Waals surface area contributed by atoms with Gasteiger partial charge in [-0.05, 0) is 43.2 Å². The van der Waals surface area contributed by atoms with Gasteiger partial charge in [-0.25, -0.2) is 0 Å². The molecular formula is C17H16ClF3N2O3S. The summed E-state index contributed by atoms with van der Waals surface area (Å²) in [5.74, 6) is 0.494. The Hall–Kier alpha value is -2.39. The zero-order chi connectivity index (χ0) is 20.6. The monoisotopic (exact) mass is 420 g/mol. The van der Waals surface area contributed by atoms with E-state index < -0.39 is 22.2 Å². The van der Waals surface area contributed by atoms with Gasteiger partial charge in [0, 0.05) is 10.6 Å². The maximum atomic E-state index is 13.2. The summed E-state index contributed by atoms with van der Waals surface area (Å²) < 4.78 is 62.3. The smallest absolute Gasteiger partial charge is 0.356 e. The van der Waals surface area contributed by atoms with Crippen molar-refractivity contribution in [2.75, 3.05) is 0 Å². The molecule has 27 heavy (non-hydrogen) atoms. The molecule has 0 aliphatic rings. The summed E-state index contributed by atoms with van der Waals surface area (Å²) in [6.45, 7) is 3.54. The van der Waals surface area contributed by atoms with E-state index in [1.54, 1.807) is 19.1 Å². The molecule has 146 valence electrons. The van der Waals surface area contributed by atoms with Gasteiger partial charge < -0.3 is 4.84 Å². The van der Waals surface area contributed by atoms with Crippen LogP contribution in [-0.2, 0) is 16.7 Å². The van der Waals surface area contributed by atoms with Gasteiger partial charge in [-0.15, -0.1) is 0 Å². The zero-order valence-corrected chi connectivity index (χ0v) is 15.9. The second-order valence-electron chi connectivity index (χ2n) is 5.17. The average molecular weight is 421 g/mol. The molecule has 2 aromatic carbocycles. The topological polar surface area (TPSA) is 79.6 Å². The van der Waals surface area contributed by atoms with E-state index in [1.165, 1.54) is 12.1 Å². The van der Waals surface area contributed by atoms with Crippen LogP contribution in [0, 0.1) is 11.7 Å². The molecule has 0 atom stereocenters. The molecule has 0 heterocycles. The molecule has 0 unspecified atom stereocenters. The first-order chi connectivity index (χ1) is 12.6. The number of aryl methyl sites for hydroxylation is 1. The zero-order valence-electron chi connectivity index (χ0n) is 14.3. The van der Waals surface area contributed by atoms with Crippen molar-refractivity contribution in [3.05, 3.63) is 64.2 Å². The summed E-state index contributed by atoms with van der Waals surface area (Å²) >= 11 is 5.85. The van der Waals surface area contributed by atoms with Crippen molar-refractivity contribution in [2.45, 2.75) is 26.4 Å². The van der Waals surface area contributed by atoms with E-state index in [0.29, 0.717) is 5.75 Å². The molecule has 0 saturated heterocycles. The lowest BCUT2D eigenvalue weighted by Gasteiger charge is -2.14. The van der Waals surface area contributed by atoms with Gasteiger partial charge in [0.15, 0.2) is 5.75 Å². The minimum atomic E-state index is -4.49. The normalized spacial score (nSPS) is 11.4. The number of nitrogens with zero attached hydrogens (tertiary/aromatic N) is 1. The molecule has 10 heteroatoms. The standard InChI is InChI=1S/C17H15ClF3NO.HNO2S/c1-3-15(22-23-16-7-5-4-6-11(16)2)13-10-12(18)8-9-14(13)17(19,20)21;1-4(2)3/h4-10H,3H2,1-2H3;1H/b22-15+;. The predicted octanol–water partition coefficient (Wildman–Crippen LogP) is 5.49. The second kappa shape index (κ2) is 10.1. The molecular weight excluding hydrogens is 405 g/mol. The van der Waals surface area contributed by atoms with Crippen molar-refractivity contribution >= 4 is 27.8 Å². The third kappa shape index (κ3) is 7.40. The number of oxime groups is 1. The first-order valence-electron chi connectivity index (χ1n) is 7.53. The van der Waals surface area contributed by atoms with Gasteiger partial charge in [0.05, 0.1) is 11.3 Å². The summed E-state index contributed by atoms with van der Waals surface area (Å²) in [6, 6.07) is 10.6. The Morgan fingerprint density at radius 3 is 2.33 bits per heavy atom. The minimum Gasteiger partial charge on any atom is -0.356 e. The van der Waals surface area contributed by atoms with Crippen LogP contribution in [0.25, 0.3) is 0 Å². The van der Waals surface area contributed by atoms with Gasteiger partial charge in [-0.1, -0.05) is 41.9 Å². The van der Waals surface area contributed by atoms with Gasteiger partial charge in [-0.3, -0.25) is 0 Å². The number of benzene rings is 2. The summed E-state index contributed by atoms with van der Waals surface area (Å²) in [6.07, 6.45) is -4.21. The van der Waals surface area contributed by atoms with Crippen LogP contribution >= 0.6 is 11.6 Å². The lowest BCUT2D eigenvalue weighted by atomic mass is 10.0. The quantitative estimate of drug-likeness (QED) is 0.524. The highest BCUT2D eigenvalue weighted by Crippen LogP contribution is 2.34. The highest BCUT2D eigenvalue weighted by atomic mass is 35.5. The van der Waals surface area contributed by atoms with E-state index in [1.807, 2.05) is 19.1 Å². The van der Waals surface area contributed by atoms with Gasteiger partial charge in [0.2, 0.25) is 0 Å². The molecule has 0 radical (unpaired) electrons. The molecule has 1 N–H and O–H groups in total. The molecule has 0 aromatic heterocycles. The molecule has 5 nitrogen and oxygen atoms in total. The largest absolute Gasteiger partial charge is 0.417 e. The van der Waals surface area contributed by atoms with Crippen LogP contribution in [-0.4, -0.2) is 14.1 Å². The van der Waals surface area contributed by atoms with Gasteiger partial charge in [-0.2, -0.15) is 26.4 Å². The fraction of sp³-hybridized carbons (Fsp3) is 0.235. The molecule has 2 aromatic rings. The molecule has 2 rings (SSSR count). The highest BCUT2D eigenvalue weighted by Gasteiger charge is 2.34. The van der Waals surface area contributed by atoms with Crippen LogP contribution in [0.4, 0.5) is 13.2 Å². The van der Waals surface area contributed by atoms with Crippen molar-refractivity contribution < 1.29 is 26.4 Å². The number of hydrogen-bond donors (Lipinski definition) is 1. The third-order valence-electron chi connectivity index (χ3n) is 3.28. The van der Waals surface area contributed by atoms with Crippen molar-refractivity contribution in [3.63, 3.8) is 0 Å². The molecule has 0 fully saturated rings. The molecule has 0 amide bonds. The van der Waals surface area contributed by atoms with Crippen LogP contribution in [0.3, 0.4) is 0 Å². The third-order valence-corrected chi connectivity index (χ3v) is 3.52. The van der Waals surface area contributed by atoms with E-state index in [0.717, 1.165) is 11.6 Å². The molecule has 0 saturated carbocycles. The Labute approximate surface area is 160 Å². The van der Waals surface area contributed by atoms with E-state index in [4.69, 9.17) is 29.6 Å². The van der Waals surface area contributed by atoms with Crippen LogP contribution in [0.15, 0.2) is 47.6 Å². The van der Waals surface area contributed by atoms with E-state index in [2.05, 4.69) is 5.16 Å². The van der Waals surface area contributed by atoms with Gasteiger partial charge in [0.25, 0.3) is 0 Å². The van der Waals surface area contributed by atoms with E-state index in [9.17, 15) is 13.2 Å². The van der Waals surface area contributed by atoms with Crippen LogP contribution in [0.1, 0.15) is 30.0 Å². The SMILES string of the molecule is CC/C(=N\Oc1ccccc1C)c1cc(Cl)ccc1C(F)(F)F.N=S(=O)=O. The van der Waals surface area contributed by atoms with Crippen LogP contribution in [0.2, 0.25) is 5.02 Å². The number of hydrogen-bond acceptors (Lipinski definition) is 5. The van der Waals surface area contributed by atoms with Crippen molar-refractivity contribution in [2.24, 2.45) is 5.16 Å². The molecule has 0 bridgehead atoms. The maximum Gasteiger partial charge on any atom is 0.417 e. The van der Waals surface area contributed by atoms with Crippen LogP contribution < -0.4 is 4.84 Å². The van der Waals surface area contributed by atoms with Crippen molar-refractivity contribution in [1.29, 1.82) is 4.78 Å². The second-order valence-corrected chi connectivity index (χ2v) is 6.08. The lowest BCUT2D eigenvalue weighted by molar-refractivity contribution is -0.137. The van der Waals surface area contributed by atoms with Crippen molar-refractivity contribution in [3.8, 4) is 5.75 Å². The number of para-hydroxylation sites is 1. The minimum absolute atomic E-state index is 0.0684. The molecule has 0 aliphatic heterocycles. The Morgan fingerprint density at radius 2 is 1.81 bits per heavy atom. The predicted molar refractivity (Wildman–Crippen MR) is 96.7 cm³/mol. The average Bonchev–Trinajstić information content (AvgIpc) is 2.55. The number of halogens is 4. The number of nitrogens with one attached hydrogen (secondary N) is 1. The first kappa shape index (κ1) is 22.7. The molecule has 0 aliphatic carbocycles. The lowest BCUT2D eigenvalue weighted by Crippen LogP contribution is -2.14. The summed E-state index contributed by atoms with van der Waals surface area (Å²) in [5.41, 5.74) is 0.175. The fourth-order valence-corrected chi connectivity index (χ4v) is 2.24.